The average Bonchev–Trinajstić information content (AvgIpc) is 2.01. The zero-order chi connectivity index (χ0) is 10.8. The lowest BCUT2D eigenvalue weighted by Gasteiger charge is -2.34. The summed E-state index contributed by atoms with van der Waals surface area (Å²) in [7, 11) is 0. The van der Waals surface area contributed by atoms with Gasteiger partial charge in [0.15, 0.2) is 0 Å². The molecule has 0 amide bonds. The van der Waals surface area contributed by atoms with Crippen molar-refractivity contribution in [3.05, 3.63) is 23.8 Å². The van der Waals surface area contributed by atoms with E-state index >= 15 is 0 Å². The first-order valence-electron chi connectivity index (χ1n) is 5.32. The predicted octanol–water partition coefficient (Wildman–Crippen LogP) is 3.66. The first-order valence-corrected chi connectivity index (χ1v) is 5.32. The molecule has 1 rings (SSSR count). The van der Waals surface area contributed by atoms with Crippen LogP contribution in [-0.4, -0.2) is 5.78 Å². The molecule has 0 heterocycles. The first-order chi connectivity index (χ1) is 6.43. The number of carbonyl (C=O) groups is 1. The fraction of sp³-hybridized carbons (Fsp3) is 0.615. The zero-order valence-corrected chi connectivity index (χ0v) is 9.52. The van der Waals surface area contributed by atoms with Gasteiger partial charge in [0, 0.05) is 6.42 Å². The van der Waals surface area contributed by atoms with Gasteiger partial charge < -0.3 is 0 Å². The largest absolute Gasteiger partial charge is 0.300 e. The molecule has 0 aromatic heterocycles. The molecule has 0 atom stereocenters. The number of hydrogen-bond donors (Lipinski definition) is 0. The second-order valence-electron chi connectivity index (χ2n) is 4.86. The van der Waals surface area contributed by atoms with Gasteiger partial charge in [-0.15, -0.1) is 0 Å². The third kappa shape index (κ3) is 2.57. The highest BCUT2D eigenvalue weighted by Gasteiger charge is 2.28. The summed E-state index contributed by atoms with van der Waals surface area (Å²) in [5.41, 5.74) is 2.74. The van der Waals surface area contributed by atoms with Crippen molar-refractivity contribution in [1.29, 1.82) is 0 Å². The summed E-state index contributed by atoms with van der Waals surface area (Å²) in [5, 5.41) is 0. The molecule has 0 bridgehead atoms. The molecule has 1 aliphatic rings. The van der Waals surface area contributed by atoms with Gasteiger partial charge in [0.1, 0.15) is 5.78 Å². The maximum Gasteiger partial charge on any atom is 0.133 e. The van der Waals surface area contributed by atoms with Crippen LogP contribution in [-0.2, 0) is 4.79 Å². The molecule has 0 unspecified atom stereocenters. The molecule has 0 aliphatic heterocycles. The van der Waals surface area contributed by atoms with E-state index in [2.05, 4.69) is 26.5 Å². The minimum absolute atomic E-state index is 0.213. The van der Waals surface area contributed by atoms with Crippen molar-refractivity contribution in [3.8, 4) is 0 Å². The van der Waals surface area contributed by atoms with Gasteiger partial charge in [0.05, 0.1) is 0 Å². The van der Waals surface area contributed by atoms with Gasteiger partial charge in [-0.1, -0.05) is 32.1 Å². The summed E-state index contributed by atoms with van der Waals surface area (Å²) in [6.45, 7) is 10.2. The lowest BCUT2D eigenvalue weighted by molar-refractivity contribution is -0.116. The second kappa shape index (κ2) is 4.12. The minimum atomic E-state index is 0.213. The van der Waals surface area contributed by atoms with Crippen molar-refractivity contribution in [3.63, 3.8) is 0 Å². The quantitative estimate of drug-likeness (QED) is 0.652. The van der Waals surface area contributed by atoms with Gasteiger partial charge in [0.2, 0.25) is 0 Å². The molecule has 14 heavy (non-hydrogen) atoms. The Morgan fingerprint density at radius 2 is 2.21 bits per heavy atom. The van der Waals surface area contributed by atoms with Crippen molar-refractivity contribution in [1.82, 2.24) is 0 Å². The fourth-order valence-electron chi connectivity index (χ4n) is 2.16. The third-order valence-electron chi connectivity index (χ3n) is 2.98. The third-order valence-corrected chi connectivity index (χ3v) is 2.98. The summed E-state index contributed by atoms with van der Waals surface area (Å²) < 4.78 is 0. The summed E-state index contributed by atoms with van der Waals surface area (Å²) >= 11 is 0. The molecular formula is C13H20O. The number of Topliss-reactive ketones (excluding diaryl/α,β-unsaturated/α-hetero) is 1. The van der Waals surface area contributed by atoms with Crippen molar-refractivity contribution in [2.45, 2.75) is 46.5 Å². The minimum Gasteiger partial charge on any atom is -0.300 e. The van der Waals surface area contributed by atoms with E-state index in [-0.39, 0.29) is 11.2 Å². The zero-order valence-electron chi connectivity index (χ0n) is 9.52. The Morgan fingerprint density at radius 3 is 2.71 bits per heavy atom. The van der Waals surface area contributed by atoms with Crippen LogP contribution in [0.2, 0.25) is 0 Å². The number of hydrogen-bond acceptors (Lipinski definition) is 1. The van der Waals surface area contributed by atoms with E-state index in [1.54, 1.807) is 6.92 Å². The topological polar surface area (TPSA) is 17.1 Å². The maximum atomic E-state index is 10.9. The molecule has 1 heteroatoms. The molecule has 0 aromatic carbocycles. The van der Waals surface area contributed by atoms with Crippen LogP contribution in [0.5, 0.6) is 0 Å². The lowest BCUT2D eigenvalue weighted by Crippen LogP contribution is -2.20. The highest BCUT2D eigenvalue weighted by atomic mass is 16.1. The Balaban J connectivity index is 2.85. The maximum absolute atomic E-state index is 10.9. The van der Waals surface area contributed by atoms with Crippen molar-refractivity contribution in [2.24, 2.45) is 5.41 Å². The van der Waals surface area contributed by atoms with E-state index in [9.17, 15) is 4.79 Å². The SMILES string of the molecule is C=C1CCCC(C)(C)/C1=C/CC(C)=O. The van der Waals surface area contributed by atoms with E-state index in [0.29, 0.717) is 6.42 Å². The number of allylic oxidation sites excluding steroid dienone is 3. The van der Waals surface area contributed by atoms with Crippen LogP contribution in [0.3, 0.4) is 0 Å². The van der Waals surface area contributed by atoms with Gasteiger partial charge >= 0.3 is 0 Å². The molecule has 0 aromatic rings. The summed E-state index contributed by atoms with van der Waals surface area (Å²) in [5.74, 6) is 0.228. The highest BCUT2D eigenvalue weighted by Crippen LogP contribution is 2.42. The van der Waals surface area contributed by atoms with E-state index in [0.717, 1.165) is 6.42 Å². The van der Waals surface area contributed by atoms with E-state index in [1.165, 1.54) is 24.0 Å². The second-order valence-corrected chi connectivity index (χ2v) is 4.86. The van der Waals surface area contributed by atoms with Crippen LogP contribution in [0, 0.1) is 5.41 Å². The molecule has 0 radical (unpaired) electrons. The van der Waals surface area contributed by atoms with Crippen molar-refractivity contribution >= 4 is 5.78 Å². The standard InChI is InChI=1S/C13H20O/c1-10-6-5-9-13(3,4)12(10)8-7-11(2)14/h8H,1,5-7,9H2,2-4H3/b12-8+. The molecular weight excluding hydrogens is 172 g/mol. The van der Waals surface area contributed by atoms with E-state index in [4.69, 9.17) is 0 Å². The number of rotatable bonds is 2. The molecule has 1 nitrogen and oxygen atoms in total. The summed E-state index contributed by atoms with van der Waals surface area (Å²) in [6, 6.07) is 0. The molecule has 0 N–H and O–H groups in total. The van der Waals surface area contributed by atoms with Crippen LogP contribution in [0.15, 0.2) is 23.8 Å². The van der Waals surface area contributed by atoms with Crippen LogP contribution in [0.1, 0.15) is 46.5 Å². The molecule has 1 saturated carbocycles. The summed E-state index contributed by atoms with van der Waals surface area (Å²) in [4.78, 5) is 10.9. The Hall–Kier alpha value is -0.850. The van der Waals surface area contributed by atoms with E-state index < -0.39 is 0 Å². The monoisotopic (exact) mass is 192 g/mol. The van der Waals surface area contributed by atoms with Gasteiger partial charge in [-0.25, -0.2) is 0 Å². The Morgan fingerprint density at radius 1 is 1.57 bits per heavy atom. The lowest BCUT2D eigenvalue weighted by atomic mass is 9.71. The predicted molar refractivity (Wildman–Crippen MR) is 60.2 cm³/mol. The molecule has 0 saturated heterocycles. The van der Waals surface area contributed by atoms with Crippen molar-refractivity contribution < 1.29 is 4.79 Å². The van der Waals surface area contributed by atoms with Gasteiger partial charge in [0.25, 0.3) is 0 Å². The normalized spacial score (nSPS) is 23.9. The molecule has 1 aliphatic carbocycles. The Labute approximate surface area is 86.9 Å². The molecule has 1 fully saturated rings. The van der Waals surface area contributed by atoms with Gasteiger partial charge in [-0.05, 0) is 37.2 Å². The van der Waals surface area contributed by atoms with Gasteiger partial charge in [-0.2, -0.15) is 0 Å². The number of ketones is 1. The van der Waals surface area contributed by atoms with Crippen molar-refractivity contribution in [2.75, 3.05) is 0 Å². The van der Waals surface area contributed by atoms with Crippen LogP contribution in [0.25, 0.3) is 0 Å². The van der Waals surface area contributed by atoms with Crippen LogP contribution in [0.4, 0.5) is 0 Å². The smallest absolute Gasteiger partial charge is 0.133 e. The highest BCUT2D eigenvalue weighted by molar-refractivity contribution is 5.77. The molecule has 78 valence electrons. The summed E-state index contributed by atoms with van der Waals surface area (Å²) in [6.07, 6.45) is 6.15. The van der Waals surface area contributed by atoms with Gasteiger partial charge in [-0.3, -0.25) is 4.79 Å². The van der Waals surface area contributed by atoms with Crippen LogP contribution >= 0.6 is 0 Å². The number of carbonyl (C=O) groups excluding carboxylic acids is 1. The first kappa shape index (κ1) is 11.2. The average molecular weight is 192 g/mol. The van der Waals surface area contributed by atoms with Crippen LogP contribution < -0.4 is 0 Å². The Kier molecular flexibility index (Phi) is 3.30. The molecule has 0 spiro atoms. The Bertz CT molecular complexity index is 282. The van der Waals surface area contributed by atoms with E-state index in [1.807, 2.05) is 0 Å². The fourth-order valence-corrected chi connectivity index (χ4v) is 2.16.